The summed E-state index contributed by atoms with van der Waals surface area (Å²) in [5.74, 6) is 1.39. The molecule has 2 saturated heterocycles. The molecule has 0 saturated carbocycles. The van der Waals surface area contributed by atoms with Gasteiger partial charge in [0.25, 0.3) is 0 Å². The van der Waals surface area contributed by atoms with Crippen molar-refractivity contribution >= 4 is 11.8 Å². The normalized spacial score (nSPS) is 20.4. The number of hydrogen-bond donors (Lipinski definition) is 2. The summed E-state index contributed by atoms with van der Waals surface area (Å²) in [7, 11) is 3.17. The van der Waals surface area contributed by atoms with E-state index in [0.717, 1.165) is 5.56 Å². The van der Waals surface area contributed by atoms with E-state index in [4.69, 9.17) is 9.47 Å². The fourth-order valence-corrected chi connectivity index (χ4v) is 4.59. The van der Waals surface area contributed by atoms with Gasteiger partial charge >= 0.3 is 0 Å². The molecule has 2 heterocycles. The largest absolute Gasteiger partial charge is 0.493 e. The lowest BCUT2D eigenvalue weighted by Gasteiger charge is -2.36. The second kappa shape index (κ2) is 10.4. The molecule has 2 atom stereocenters. The second-order valence-electron chi connectivity index (χ2n) is 9.05. The highest BCUT2D eigenvalue weighted by atomic mass is 16.5. The van der Waals surface area contributed by atoms with Gasteiger partial charge in [0.1, 0.15) is 6.04 Å². The molecule has 0 spiro atoms. The van der Waals surface area contributed by atoms with Gasteiger partial charge in [0.15, 0.2) is 11.5 Å². The zero-order valence-corrected chi connectivity index (χ0v) is 20.4. The van der Waals surface area contributed by atoms with Gasteiger partial charge in [-0.15, -0.1) is 0 Å². The Morgan fingerprint density at radius 2 is 1.59 bits per heavy atom. The van der Waals surface area contributed by atoms with Crippen molar-refractivity contribution in [2.45, 2.75) is 38.8 Å². The summed E-state index contributed by atoms with van der Waals surface area (Å²) in [6.07, 6.45) is 1.000. The summed E-state index contributed by atoms with van der Waals surface area (Å²) in [5.41, 5.74) is 11.0. The number of nitrogens with zero attached hydrogens (tertiary/aromatic N) is 2. The van der Waals surface area contributed by atoms with Crippen LogP contribution >= 0.6 is 0 Å². The average Bonchev–Trinajstić information content (AvgIpc) is 3.35. The van der Waals surface area contributed by atoms with Crippen LogP contribution in [0.25, 0.3) is 0 Å². The number of ether oxygens (including phenoxy) is 2. The van der Waals surface area contributed by atoms with Crippen molar-refractivity contribution < 1.29 is 19.1 Å². The van der Waals surface area contributed by atoms with Crippen molar-refractivity contribution in [3.05, 3.63) is 58.7 Å². The van der Waals surface area contributed by atoms with Crippen molar-refractivity contribution in [2.24, 2.45) is 0 Å². The van der Waals surface area contributed by atoms with Crippen LogP contribution in [0, 0.1) is 13.8 Å². The van der Waals surface area contributed by atoms with Crippen LogP contribution in [0.2, 0.25) is 0 Å². The molecule has 0 bridgehead atoms. The van der Waals surface area contributed by atoms with Crippen LogP contribution in [0.4, 0.5) is 0 Å². The number of hydrazine groups is 1. The van der Waals surface area contributed by atoms with Gasteiger partial charge in [0, 0.05) is 32.2 Å². The molecule has 2 aromatic rings. The lowest BCUT2D eigenvalue weighted by atomic mass is 9.98. The molecule has 0 aliphatic carbocycles. The quantitative estimate of drug-likeness (QED) is 0.679. The second-order valence-corrected chi connectivity index (χ2v) is 9.05. The lowest BCUT2D eigenvalue weighted by molar-refractivity contribution is -0.140. The molecular formula is C26H34N4O4. The summed E-state index contributed by atoms with van der Waals surface area (Å²) in [5, 5.41) is 0. The zero-order valence-electron chi connectivity index (χ0n) is 20.4. The number of rotatable bonds is 6. The van der Waals surface area contributed by atoms with E-state index in [0.29, 0.717) is 50.5 Å². The molecule has 2 fully saturated rings. The molecule has 2 N–H and O–H groups in total. The fraction of sp³-hybridized carbons (Fsp3) is 0.462. The molecule has 8 heteroatoms. The Bertz CT molecular complexity index is 1050. The predicted octanol–water partition coefficient (Wildman–Crippen LogP) is 2.14. The first-order valence-corrected chi connectivity index (χ1v) is 11.7. The van der Waals surface area contributed by atoms with Gasteiger partial charge < -0.3 is 19.3 Å². The molecule has 182 valence electrons. The first-order valence-electron chi connectivity index (χ1n) is 11.7. The minimum absolute atomic E-state index is 0.0507. The van der Waals surface area contributed by atoms with E-state index < -0.39 is 0 Å². The van der Waals surface area contributed by atoms with Crippen molar-refractivity contribution in [1.29, 1.82) is 0 Å². The van der Waals surface area contributed by atoms with E-state index >= 15 is 0 Å². The van der Waals surface area contributed by atoms with E-state index in [2.05, 4.69) is 42.9 Å². The number of carbonyl (C=O) groups is 2. The van der Waals surface area contributed by atoms with Gasteiger partial charge in [-0.25, -0.2) is 10.9 Å². The summed E-state index contributed by atoms with van der Waals surface area (Å²) >= 11 is 0. The van der Waals surface area contributed by atoms with Crippen molar-refractivity contribution in [1.82, 2.24) is 20.7 Å². The van der Waals surface area contributed by atoms with E-state index in [-0.39, 0.29) is 23.9 Å². The standard InChI is InChI=1S/C26H34N4O4/c1-17-5-7-20(13-18(17)2)21-16-22(28-27-21)26(32)30-11-9-29(10-12-30)25(31)15-19-6-8-23(33-3)24(14-19)34-4/h5-8,13-14,21-22,27-28H,9-12,15-16H2,1-4H3. The Kier molecular flexibility index (Phi) is 7.38. The van der Waals surface area contributed by atoms with E-state index in [1.807, 2.05) is 28.0 Å². The average molecular weight is 467 g/mol. The van der Waals surface area contributed by atoms with Crippen molar-refractivity contribution in [3.8, 4) is 11.5 Å². The summed E-state index contributed by atoms with van der Waals surface area (Å²) in [6, 6.07) is 11.8. The van der Waals surface area contributed by atoms with Crippen LogP contribution in [0.1, 0.15) is 34.7 Å². The van der Waals surface area contributed by atoms with Crippen LogP contribution in [0.3, 0.4) is 0 Å². The minimum atomic E-state index is -0.263. The fourth-order valence-electron chi connectivity index (χ4n) is 4.59. The molecule has 2 aliphatic rings. The van der Waals surface area contributed by atoms with Crippen LogP contribution < -0.4 is 20.3 Å². The highest BCUT2D eigenvalue weighted by molar-refractivity contribution is 5.83. The molecular weight excluding hydrogens is 432 g/mol. The monoisotopic (exact) mass is 466 g/mol. The van der Waals surface area contributed by atoms with E-state index in [1.54, 1.807) is 14.2 Å². The highest BCUT2D eigenvalue weighted by Crippen LogP contribution is 2.28. The summed E-state index contributed by atoms with van der Waals surface area (Å²) in [4.78, 5) is 29.6. The van der Waals surface area contributed by atoms with Gasteiger partial charge in [-0.2, -0.15) is 0 Å². The Morgan fingerprint density at radius 3 is 2.26 bits per heavy atom. The van der Waals surface area contributed by atoms with Crippen LogP contribution in [0.15, 0.2) is 36.4 Å². The van der Waals surface area contributed by atoms with Gasteiger partial charge in [-0.05, 0) is 54.7 Å². The number of piperazine rings is 1. The Hall–Kier alpha value is -3.10. The van der Waals surface area contributed by atoms with Crippen LogP contribution in [-0.2, 0) is 16.0 Å². The first kappa shape index (κ1) is 24.0. The number of nitrogens with one attached hydrogen (secondary N) is 2. The molecule has 2 unspecified atom stereocenters. The van der Waals surface area contributed by atoms with Gasteiger partial charge in [0.2, 0.25) is 11.8 Å². The van der Waals surface area contributed by atoms with Crippen LogP contribution in [-0.4, -0.2) is 68.1 Å². The minimum Gasteiger partial charge on any atom is -0.493 e. The number of amides is 2. The lowest BCUT2D eigenvalue weighted by Crippen LogP contribution is -2.54. The molecule has 34 heavy (non-hydrogen) atoms. The van der Waals surface area contributed by atoms with E-state index in [1.165, 1.54) is 16.7 Å². The molecule has 4 rings (SSSR count). The highest BCUT2D eigenvalue weighted by Gasteiger charge is 2.34. The number of carbonyl (C=O) groups excluding carboxylic acids is 2. The molecule has 8 nitrogen and oxygen atoms in total. The Morgan fingerprint density at radius 1 is 0.882 bits per heavy atom. The zero-order chi connectivity index (χ0) is 24.2. The Labute approximate surface area is 201 Å². The SMILES string of the molecule is COc1ccc(CC(=O)N2CCN(C(=O)C3CC(c4ccc(C)c(C)c4)NN3)CC2)cc1OC. The molecule has 0 radical (unpaired) electrons. The third-order valence-electron chi connectivity index (χ3n) is 6.88. The molecule has 0 aromatic heterocycles. The Balaban J connectivity index is 1.28. The first-order chi connectivity index (χ1) is 16.4. The number of benzene rings is 2. The maximum absolute atomic E-state index is 13.1. The van der Waals surface area contributed by atoms with Crippen molar-refractivity contribution in [3.63, 3.8) is 0 Å². The third-order valence-corrected chi connectivity index (χ3v) is 6.88. The molecule has 2 aliphatic heterocycles. The van der Waals surface area contributed by atoms with Gasteiger partial charge in [0.05, 0.1) is 20.6 Å². The topological polar surface area (TPSA) is 83.1 Å². The van der Waals surface area contributed by atoms with E-state index in [9.17, 15) is 9.59 Å². The maximum Gasteiger partial charge on any atom is 0.241 e. The van der Waals surface area contributed by atoms with Gasteiger partial charge in [-0.1, -0.05) is 24.3 Å². The predicted molar refractivity (Wildman–Crippen MR) is 130 cm³/mol. The maximum atomic E-state index is 13.1. The molecule has 2 amide bonds. The summed E-state index contributed by atoms with van der Waals surface area (Å²) < 4.78 is 10.6. The molecule has 2 aromatic carbocycles. The van der Waals surface area contributed by atoms with Gasteiger partial charge in [-0.3, -0.25) is 9.59 Å². The van der Waals surface area contributed by atoms with Crippen LogP contribution in [0.5, 0.6) is 11.5 Å². The summed E-state index contributed by atoms with van der Waals surface area (Å²) in [6.45, 7) is 6.38. The smallest absolute Gasteiger partial charge is 0.241 e. The van der Waals surface area contributed by atoms with Crippen molar-refractivity contribution in [2.75, 3.05) is 40.4 Å². The third kappa shape index (κ3) is 5.18. The number of aryl methyl sites for hydroxylation is 2. The number of methoxy groups -OCH3 is 2. The number of hydrogen-bond acceptors (Lipinski definition) is 6.